The van der Waals surface area contributed by atoms with Crippen LogP contribution in [0, 0.1) is 6.92 Å². The van der Waals surface area contributed by atoms with Crippen LogP contribution in [-0.2, 0) is 6.16 Å². The van der Waals surface area contributed by atoms with Gasteiger partial charge in [-0.3, -0.25) is 0 Å². The lowest BCUT2D eigenvalue weighted by Gasteiger charge is -2.08. The Labute approximate surface area is 93.5 Å². The average Bonchev–Trinajstić information content (AvgIpc) is 2.29. The van der Waals surface area contributed by atoms with Crippen molar-refractivity contribution in [1.82, 2.24) is 0 Å². The van der Waals surface area contributed by atoms with Crippen molar-refractivity contribution >= 4 is 19.4 Å². The molecule has 0 aromatic heterocycles. The van der Waals surface area contributed by atoms with Gasteiger partial charge in [0.2, 0.25) is 0 Å². The Morgan fingerprint density at radius 2 is 1.73 bits per heavy atom. The monoisotopic (exact) mass is 216 g/mol. The van der Waals surface area contributed by atoms with Gasteiger partial charge in [-0.25, -0.2) is 0 Å². The standard InChI is InChI=1S/C14H17P/c1-3-15-10-12-9-8-11(2)13-6-4-5-7-14(12)13/h4-9,15H,3,10H2,1-2H3. The van der Waals surface area contributed by atoms with E-state index in [1.165, 1.54) is 34.2 Å². The van der Waals surface area contributed by atoms with E-state index in [-0.39, 0.29) is 0 Å². The second kappa shape index (κ2) is 4.77. The van der Waals surface area contributed by atoms with E-state index >= 15 is 0 Å². The highest BCUT2D eigenvalue weighted by Crippen LogP contribution is 2.27. The number of hydrogen-bond acceptors (Lipinski definition) is 0. The fraction of sp³-hybridized carbons (Fsp3) is 0.286. The second-order valence-electron chi connectivity index (χ2n) is 3.87. The van der Waals surface area contributed by atoms with Gasteiger partial charge in [-0.1, -0.05) is 43.3 Å². The Bertz CT molecular complexity index is 460. The Hall–Kier alpha value is -0.870. The third-order valence-electron chi connectivity index (χ3n) is 2.80. The van der Waals surface area contributed by atoms with Crippen LogP contribution in [0.1, 0.15) is 18.1 Å². The van der Waals surface area contributed by atoms with Gasteiger partial charge in [0, 0.05) is 0 Å². The Morgan fingerprint density at radius 1 is 1.00 bits per heavy atom. The van der Waals surface area contributed by atoms with Crippen LogP contribution in [0.3, 0.4) is 0 Å². The molecule has 78 valence electrons. The first kappa shape index (κ1) is 10.6. The van der Waals surface area contributed by atoms with Gasteiger partial charge in [0.25, 0.3) is 0 Å². The molecule has 2 aromatic rings. The van der Waals surface area contributed by atoms with Crippen LogP contribution in [0.4, 0.5) is 0 Å². The van der Waals surface area contributed by atoms with E-state index in [2.05, 4.69) is 50.2 Å². The first-order valence-electron chi connectivity index (χ1n) is 5.51. The summed E-state index contributed by atoms with van der Waals surface area (Å²) in [4.78, 5) is 0. The van der Waals surface area contributed by atoms with Crippen molar-refractivity contribution in [3.05, 3.63) is 47.5 Å². The van der Waals surface area contributed by atoms with Crippen LogP contribution in [0.2, 0.25) is 0 Å². The van der Waals surface area contributed by atoms with Crippen LogP contribution >= 0.6 is 8.58 Å². The molecule has 0 saturated heterocycles. The van der Waals surface area contributed by atoms with Crippen molar-refractivity contribution < 1.29 is 0 Å². The van der Waals surface area contributed by atoms with Gasteiger partial charge in [0.15, 0.2) is 0 Å². The minimum Gasteiger partial charge on any atom is -0.118 e. The molecule has 2 rings (SSSR count). The van der Waals surface area contributed by atoms with E-state index in [9.17, 15) is 0 Å². The number of fused-ring (bicyclic) bond motifs is 1. The molecule has 0 aliphatic rings. The predicted molar refractivity (Wildman–Crippen MR) is 71.2 cm³/mol. The molecule has 0 aliphatic heterocycles. The smallest absolute Gasteiger partial charge is 0.00945 e. The Balaban J connectivity index is 2.51. The van der Waals surface area contributed by atoms with E-state index in [1.807, 2.05) is 0 Å². The number of aryl methyl sites for hydroxylation is 1. The van der Waals surface area contributed by atoms with Crippen molar-refractivity contribution in [2.45, 2.75) is 20.0 Å². The summed E-state index contributed by atoms with van der Waals surface area (Å²) < 4.78 is 0. The summed E-state index contributed by atoms with van der Waals surface area (Å²) in [6, 6.07) is 13.3. The zero-order valence-corrected chi connectivity index (χ0v) is 10.4. The maximum absolute atomic E-state index is 2.29. The first-order chi connectivity index (χ1) is 7.33. The van der Waals surface area contributed by atoms with Gasteiger partial charge in [-0.2, -0.15) is 0 Å². The van der Waals surface area contributed by atoms with Gasteiger partial charge in [-0.15, -0.1) is 8.58 Å². The lowest BCUT2D eigenvalue weighted by molar-refractivity contribution is 1.39. The van der Waals surface area contributed by atoms with Gasteiger partial charge < -0.3 is 0 Å². The van der Waals surface area contributed by atoms with E-state index in [0.717, 1.165) is 8.58 Å². The molecule has 0 radical (unpaired) electrons. The van der Waals surface area contributed by atoms with E-state index in [0.29, 0.717) is 0 Å². The average molecular weight is 216 g/mol. The van der Waals surface area contributed by atoms with Crippen LogP contribution in [0.15, 0.2) is 36.4 Å². The first-order valence-corrected chi connectivity index (χ1v) is 6.92. The van der Waals surface area contributed by atoms with Crippen LogP contribution in [-0.4, -0.2) is 6.16 Å². The molecule has 0 spiro atoms. The zero-order chi connectivity index (χ0) is 10.7. The molecule has 0 fully saturated rings. The molecule has 15 heavy (non-hydrogen) atoms. The summed E-state index contributed by atoms with van der Waals surface area (Å²) in [5.74, 6) is 0. The lowest BCUT2D eigenvalue weighted by Crippen LogP contribution is -1.85. The van der Waals surface area contributed by atoms with Crippen LogP contribution in [0.5, 0.6) is 0 Å². The molecule has 0 aliphatic carbocycles. The Morgan fingerprint density at radius 3 is 2.47 bits per heavy atom. The zero-order valence-electron chi connectivity index (χ0n) is 9.38. The molecule has 0 amide bonds. The fourth-order valence-electron chi connectivity index (χ4n) is 1.93. The highest BCUT2D eigenvalue weighted by atomic mass is 31.1. The largest absolute Gasteiger partial charge is 0.118 e. The number of hydrogen-bond donors (Lipinski definition) is 0. The SMILES string of the molecule is CCPCc1ccc(C)c2ccccc12. The van der Waals surface area contributed by atoms with Crippen molar-refractivity contribution in [1.29, 1.82) is 0 Å². The van der Waals surface area contributed by atoms with Crippen molar-refractivity contribution in [2.24, 2.45) is 0 Å². The molecule has 1 atom stereocenters. The predicted octanol–water partition coefficient (Wildman–Crippen LogP) is 4.35. The topological polar surface area (TPSA) is 0 Å². The normalized spacial score (nSPS) is 11.6. The molecule has 0 saturated carbocycles. The molecule has 0 bridgehead atoms. The maximum atomic E-state index is 2.29. The summed E-state index contributed by atoms with van der Waals surface area (Å²) in [7, 11) is 1.05. The van der Waals surface area contributed by atoms with Gasteiger partial charge in [0.1, 0.15) is 0 Å². The van der Waals surface area contributed by atoms with Gasteiger partial charge in [-0.05, 0) is 41.1 Å². The number of benzene rings is 2. The van der Waals surface area contributed by atoms with Crippen LogP contribution in [0.25, 0.3) is 10.8 Å². The van der Waals surface area contributed by atoms with Crippen LogP contribution < -0.4 is 0 Å². The lowest BCUT2D eigenvalue weighted by atomic mass is 10.0. The van der Waals surface area contributed by atoms with E-state index in [1.54, 1.807) is 0 Å². The van der Waals surface area contributed by atoms with Crippen molar-refractivity contribution in [3.63, 3.8) is 0 Å². The summed E-state index contributed by atoms with van der Waals surface area (Å²) in [5.41, 5.74) is 2.89. The summed E-state index contributed by atoms with van der Waals surface area (Å²) in [5, 5.41) is 2.86. The molecular formula is C14H17P. The van der Waals surface area contributed by atoms with Crippen molar-refractivity contribution in [2.75, 3.05) is 6.16 Å². The quantitative estimate of drug-likeness (QED) is 0.669. The number of rotatable bonds is 3. The third-order valence-corrected chi connectivity index (χ3v) is 3.93. The molecule has 0 N–H and O–H groups in total. The second-order valence-corrected chi connectivity index (χ2v) is 5.43. The van der Waals surface area contributed by atoms with Crippen molar-refractivity contribution in [3.8, 4) is 0 Å². The summed E-state index contributed by atoms with van der Waals surface area (Å²) in [6.45, 7) is 4.45. The minimum absolute atomic E-state index is 1.05. The summed E-state index contributed by atoms with van der Waals surface area (Å²) in [6.07, 6.45) is 2.53. The molecule has 1 unspecified atom stereocenters. The van der Waals surface area contributed by atoms with Gasteiger partial charge >= 0.3 is 0 Å². The van der Waals surface area contributed by atoms with E-state index < -0.39 is 0 Å². The molecule has 2 aromatic carbocycles. The molecule has 1 heteroatoms. The summed E-state index contributed by atoms with van der Waals surface area (Å²) >= 11 is 0. The highest BCUT2D eigenvalue weighted by Gasteiger charge is 2.01. The Kier molecular flexibility index (Phi) is 3.38. The van der Waals surface area contributed by atoms with E-state index in [4.69, 9.17) is 0 Å². The molecule has 0 heterocycles. The molecular weight excluding hydrogens is 199 g/mol. The molecule has 0 nitrogen and oxygen atoms in total. The third kappa shape index (κ3) is 2.21. The maximum Gasteiger partial charge on any atom is -0.00945 e. The fourth-order valence-corrected chi connectivity index (χ4v) is 2.75. The highest BCUT2D eigenvalue weighted by molar-refractivity contribution is 7.37. The minimum atomic E-state index is 1.05. The van der Waals surface area contributed by atoms with Gasteiger partial charge in [0.05, 0.1) is 0 Å².